The molecule has 1 aliphatic carbocycles. The third-order valence-corrected chi connectivity index (χ3v) is 1.38. The highest BCUT2D eigenvalue weighted by molar-refractivity contribution is 4.72. The number of rotatable bonds is 0. The lowest BCUT2D eigenvalue weighted by Crippen LogP contribution is -2.02. The van der Waals surface area contributed by atoms with Gasteiger partial charge in [-0.15, -0.1) is 0 Å². The minimum Gasteiger partial charge on any atom is -0.393 e. The predicted molar refractivity (Wildman–Crippen MR) is 25.9 cm³/mol. The minimum absolute atomic E-state index is 0.227. The quantitative estimate of drug-likeness (QED) is 0.448. The maximum atomic E-state index is 8.74. The van der Waals surface area contributed by atoms with E-state index in [0.717, 1.165) is 12.8 Å². The molecule has 1 rings (SSSR count). The van der Waals surface area contributed by atoms with Crippen LogP contribution < -0.4 is 0 Å². The lowest BCUT2D eigenvalue weighted by Gasteiger charge is -1.95. The molecule has 42 valence electrons. The Morgan fingerprint density at radius 2 is 1.43 bits per heavy atom. The fourth-order valence-electron chi connectivity index (χ4n) is 0.935. The predicted octanol–water partition coefficient (Wildman–Crippen LogP) is -0.108. The Kier molecular flexibility index (Phi) is 1.30. The van der Waals surface area contributed by atoms with Crippen molar-refractivity contribution in [2.75, 3.05) is 0 Å². The Bertz CT molecular complexity index is 55.1. The summed E-state index contributed by atoms with van der Waals surface area (Å²) in [6.45, 7) is 0. The van der Waals surface area contributed by atoms with Gasteiger partial charge in [0.2, 0.25) is 0 Å². The summed E-state index contributed by atoms with van der Waals surface area (Å²) in [6.07, 6.45) is 1.69. The van der Waals surface area contributed by atoms with Crippen LogP contribution in [0.15, 0.2) is 0 Å². The standard InChI is InChI=1S/C5H10O2/c6-4-1-2-5(7)3-4/h4-7H,1-3H2/t4-,5-/m1/s1. The monoisotopic (exact) mass is 102 g/mol. The molecule has 0 amide bonds. The average Bonchev–Trinajstić information content (AvgIpc) is 1.87. The molecule has 2 heteroatoms. The highest BCUT2D eigenvalue weighted by Crippen LogP contribution is 2.17. The Labute approximate surface area is 42.8 Å². The van der Waals surface area contributed by atoms with Crippen molar-refractivity contribution in [3.63, 3.8) is 0 Å². The molecule has 1 fully saturated rings. The van der Waals surface area contributed by atoms with Crippen LogP contribution in [0.5, 0.6) is 0 Å². The molecule has 2 nitrogen and oxygen atoms in total. The van der Waals surface area contributed by atoms with E-state index >= 15 is 0 Å². The van der Waals surface area contributed by atoms with Crippen LogP contribution in [0.25, 0.3) is 0 Å². The molecule has 0 aromatic rings. The van der Waals surface area contributed by atoms with Gasteiger partial charge in [-0.2, -0.15) is 0 Å². The van der Waals surface area contributed by atoms with E-state index in [1.165, 1.54) is 0 Å². The topological polar surface area (TPSA) is 40.5 Å². The van der Waals surface area contributed by atoms with Gasteiger partial charge in [0.05, 0.1) is 12.2 Å². The van der Waals surface area contributed by atoms with Gasteiger partial charge in [-0.05, 0) is 19.3 Å². The summed E-state index contributed by atoms with van der Waals surface area (Å²) in [4.78, 5) is 0. The molecular formula is C5H10O2. The van der Waals surface area contributed by atoms with Crippen molar-refractivity contribution in [2.45, 2.75) is 31.5 Å². The zero-order valence-electron chi connectivity index (χ0n) is 4.17. The minimum atomic E-state index is -0.227. The van der Waals surface area contributed by atoms with Crippen LogP contribution in [0.3, 0.4) is 0 Å². The molecule has 0 heterocycles. The summed E-state index contributed by atoms with van der Waals surface area (Å²) in [6, 6.07) is 0. The summed E-state index contributed by atoms with van der Waals surface area (Å²) in [5.41, 5.74) is 0. The molecule has 0 unspecified atom stereocenters. The third kappa shape index (κ3) is 1.14. The molecular weight excluding hydrogens is 92.1 g/mol. The normalized spacial score (nSPS) is 42.0. The maximum Gasteiger partial charge on any atom is 0.0565 e. The number of aliphatic hydroxyl groups excluding tert-OH is 2. The Morgan fingerprint density at radius 3 is 1.57 bits per heavy atom. The molecule has 0 aliphatic heterocycles. The maximum absolute atomic E-state index is 8.74. The molecule has 0 spiro atoms. The van der Waals surface area contributed by atoms with Crippen molar-refractivity contribution in [3.8, 4) is 0 Å². The number of aliphatic hydroxyl groups is 2. The van der Waals surface area contributed by atoms with E-state index in [4.69, 9.17) is 10.2 Å². The molecule has 0 aromatic heterocycles. The van der Waals surface area contributed by atoms with Crippen LogP contribution in [0, 0.1) is 0 Å². The second-order valence-electron chi connectivity index (χ2n) is 2.12. The van der Waals surface area contributed by atoms with Crippen LogP contribution >= 0.6 is 0 Å². The van der Waals surface area contributed by atoms with Crippen molar-refractivity contribution >= 4 is 0 Å². The molecule has 1 aliphatic rings. The van der Waals surface area contributed by atoms with Gasteiger partial charge in [0.1, 0.15) is 0 Å². The summed E-state index contributed by atoms with van der Waals surface area (Å²) in [7, 11) is 0. The van der Waals surface area contributed by atoms with Crippen LogP contribution in [-0.4, -0.2) is 22.4 Å². The molecule has 1 saturated carbocycles. The van der Waals surface area contributed by atoms with Crippen LogP contribution in [0.4, 0.5) is 0 Å². The van der Waals surface area contributed by atoms with Crippen molar-refractivity contribution in [1.29, 1.82) is 0 Å². The molecule has 2 N–H and O–H groups in total. The highest BCUT2D eigenvalue weighted by atomic mass is 16.3. The fourth-order valence-corrected chi connectivity index (χ4v) is 0.935. The molecule has 7 heavy (non-hydrogen) atoms. The van der Waals surface area contributed by atoms with Gasteiger partial charge < -0.3 is 10.2 Å². The first-order valence-electron chi connectivity index (χ1n) is 2.65. The zero-order chi connectivity index (χ0) is 5.28. The second-order valence-corrected chi connectivity index (χ2v) is 2.12. The number of hydrogen-bond donors (Lipinski definition) is 2. The van der Waals surface area contributed by atoms with Crippen LogP contribution in [-0.2, 0) is 0 Å². The summed E-state index contributed by atoms with van der Waals surface area (Å²) in [5, 5.41) is 17.5. The SMILES string of the molecule is O[C@@H]1CC[C@@H](O)C1. The smallest absolute Gasteiger partial charge is 0.0565 e. The van der Waals surface area contributed by atoms with Crippen molar-refractivity contribution in [3.05, 3.63) is 0 Å². The average molecular weight is 102 g/mol. The van der Waals surface area contributed by atoms with Gasteiger partial charge in [0.15, 0.2) is 0 Å². The van der Waals surface area contributed by atoms with Gasteiger partial charge >= 0.3 is 0 Å². The highest BCUT2D eigenvalue weighted by Gasteiger charge is 2.19. The zero-order valence-corrected chi connectivity index (χ0v) is 4.17. The molecule has 0 saturated heterocycles. The van der Waals surface area contributed by atoms with Crippen molar-refractivity contribution in [2.24, 2.45) is 0 Å². The Morgan fingerprint density at radius 1 is 1.00 bits per heavy atom. The number of hydrogen-bond acceptors (Lipinski definition) is 2. The summed E-state index contributed by atoms with van der Waals surface area (Å²) < 4.78 is 0. The first-order chi connectivity index (χ1) is 3.29. The van der Waals surface area contributed by atoms with E-state index in [2.05, 4.69) is 0 Å². The van der Waals surface area contributed by atoms with Crippen molar-refractivity contribution < 1.29 is 10.2 Å². The Hall–Kier alpha value is -0.0800. The molecule has 2 atom stereocenters. The van der Waals surface area contributed by atoms with Crippen LogP contribution in [0.2, 0.25) is 0 Å². The van der Waals surface area contributed by atoms with Gasteiger partial charge in [0.25, 0.3) is 0 Å². The van der Waals surface area contributed by atoms with E-state index in [1.807, 2.05) is 0 Å². The van der Waals surface area contributed by atoms with Gasteiger partial charge in [0, 0.05) is 0 Å². The van der Waals surface area contributed by atoms with Gasteiger partial charge in [-0.3, -0.25) is 0 Å². The van der Waals surface area contributed by atoms with Crippen molar-refractivity contribution in [1.82, 2.24) is 0 Å². The summed E-state index contributed by atoms with van der Waals surface area (Å²) >= 11 is 0. The molecule has 0 bridgehead atoms. The van der Waals surface area contributed by atoms with E-state index in [1.54, 1.807) is 0 Å². The first kappa shape index (κ1) is 5.06. The molecule has 0 radical (unpaired) electrons. The van der Waals surface area contributed by atoms with Gasteiger partial charge in [-0.25, -0.2) is 0 Å². The summed E-state index contributed by atoms with van der Waals surface area (Å²) in [5.74, 6) is 0. The lowest BCUT2D eigenvalue weighted by atomic mass is 10.3. The van der Waals surface area contributed by atoms with E-state index in [0.29, 0.717) is 6.42 Å². The van der Waals surface area contributed by atoms with Gasteiger partial charge in [-0.1, -0.05) is 0 Å². The van der Waals surface area contributed by atoms with Crippen LogP contribution in [0.1, 0.15) is 19.3 Å². The van der Waals surface area contributed by atoms with E-state index in [-0.39, 0.29) is 12.2 Å². The molecule has 0 aromatic carbocycles. The Balaban J connectivity index is 2.26. The first-order valence-corrected chi connectivity index (χ1v) is 2.65. The van der Waals surface area contributed by atoms with E-state index in [9.17, 15) is 0 Å². The largest absolute Gasteiger partial charge is 0.393 e. The second kappa shape index (κ2) is 1.80. The fraction of sp³-hybridized carbons (Fsp3) is 1.00. The third-order valence-electron chi connectivity index (χ3n) is 1.38. The lowest BCUT2D eigenvalue weighted by molar-refractivity contribution is 0.137. The van der Waals surface area contributed by atoms with E-state index < -0.39 is 0 Å².